The van der Waals surface area contributed by atoms with Gasteiger partial charge in [0.25, 0.3) is 0 Å². The zero-order valence-corrected chi connectivity index (χ0v) is 9.72. The number of thioether (sulfide) groups is 1. The fourth-order valence-electron chi connectivity index (χ4n) is 1.02. The molecular weight excluding hydrogens is 234 g/mol. The Morgan fingerprint density at radius 3 is 2.44 bits per heavy atom. The average molecular weight is 246 g/mol. The lowest BCUT2D eigenvalue weighted by atomic mass is 10.3. The molecule has 0 aliphatic carbocycles. The van der Waals surface area contributed by atoms with Crippen LogP contribution in [-0.4, -0.2) is 25.1 Å². The summed E-state index contributed by atoms with van der Waals surface area (Å²) >= 11 is 1.47. The lowest BCUT2D eigenvalue weighted by Crippen LogP contribution is -2.12. The maximum absolute atomic E-state index is 11.9. The molecule has 0 radical (unpaired) electrons. The van der Waals surface area contributed by atoms with Crippen LogP contribution >= 0.6 is 11.8 Å². The van der Waals surface area contributed by atoms with Gasteiger partial charge in [-0.15, -0.1) is 0 Å². The fourth-order valence-corrected chi connectivity index (χ4v) is 1.42. The summed E-state index contributed by atoms with van der Waals surface area (Å²) in [6.45, 7) is -2.80. The van der Waals surface area contributed by atoms with Gasteiger partial charge in [0, 0.05) is 7.05 Å². The van der Waals surface area contributed by atoms with Gasteiger partial charge < -0.3 is 10.1 Å². The molecule has 0 bridgehead atoms. The van der Waals surface area contributed by atoms with E-state index in [0.29, 0.717) is 5.69 Å². The summed E-state index contributed by atoms with van der Waals surface area (Å²) < 4.78 is 28.0. The predicted octanol–water partition coefficient (Wildman–Crippen LogP) is 2.86. The van der Waals surface area contributed by atoms with Crippen LogP contribution in [0.25, 0.3) is 0 Å². The molecule has 1 aromatic rings. The molecule has 0 atom stereocenters. The molecule has 0 heterocycles. The van der Waals surface area contributed by atoms with Crippen molar-refractivity contribution in [1.82, 2.24) is 5.32 Å². The molecule has 0 amide bonds. The molecule has 0 saturated heterocycles. The summed E-state index contributed by atoms with van der Waals surface area (Å²) in [6.07, 6.45) is 1.89. The molecule has 0 aliphatic heterocycles. The quantitative estimate of drug-likeness (QED) is 0.657. The van der Waals surface area contributed by atoms with E-state index in [1.807, 2.05) is 6.26 Å². The molecular formula is C10H12F2N2OS. The number of amidine groups is 1. The van der Waals surface area contributed by atoms with Gasteiger partial charge in [-0.3, -0.25) is 0 Å². The van der Waals surface area contributed by atoms with Crippen molar-refractivity contribution in [2.24, 2.45) is 4.99 Å². The Bertz CT molecular complexity index is 348. The van der Waals surface area contributed by atoms with Crippen LogP contribution < -0.4 is 10.1 Å². The van der Waals surface area contributed by atoms with Crippen LogP contribution in [0.4, 0.5) is 14.5 Å². The second kappa shape index (κ2) is 6.32. The van der Waals surface area contributed by atoms with Crippen LogP contribution in [0.15, 0.2) is 29.3 Å². The number of aliphatic imine (C=N–C) groups is 1. The van der Waals surface area contributed by atoms with E-state index < -0.39 is 6.61 Å². The first-order chi connectivity index (χ1) is 7.65. The topological polar surface area (TPSA) is 33.6 Å². The zero-order chi connectivity index (χ0) is 12.0. The molecule has 16 heavy (non-hydrogen) atoms. The molecule has 88 valence electrons. The first-order valence-electron chi connectivity index (χ1n) is 4.51. The number of rotatable bonds is 3. The summed E-state index contributed by atoms with van der Waals surface area (Å²) in [7, 11) is 1.77. The maximum atomic E-state index is 11.9. The normalized spacial score (nSPS) is 11.7. The molecule has 0 saturated carbocycles. The van der Waals surface area contributed by atoms with Crippen molar-refractivity contribution in [2.45, 2.75) is 6.61 Å². The van der Waals surface area contributed by atoms with Gasteiger partial charge in [0.15, 0.2) is 5.17 Å². The molecule has 0 unspecified atom stereocenters. The van der Waals surface area contributed by atoms with Crippen molar-refractivity contribution in [3.05, 3.63) is 24.3 Å². The van der Waals surface area contributed by atoms with Gasteiger partial charge in [0.1, 0.15) is 5.75 Å². The highest BCUT2D eigenvalue weighted by atomic mass is 32.2. The Morgan fingerprint density at radius 2 is 2.00 bits per heavy atom. The molecule has 1 N–H and O–H groups in total. The molecule has 0 aliphatic rings. The number of benzene rings is 1. The van der Waals surface area contributed by atoms with Crippen LogP contribution in [0.5, 0.6) is 5.75 Å². The van der Waals surface area contributed by atoms with Crippen molar-refractivity contribution < 1.29 is 13.5 Å². The van der Waals surface area contributed by atoms with E-state index >= 15 is 0 Å². The van der Waals surface area contributed by atoms with Gasteiger partial charge in [-0.05, 0) is 30.5 Å². The number of ether oxygens (including phenoxy) is 1. The number of halogens is 2. The highest BCUT2D eigenvalue weighted by Gasteiger charge is 2.03. The van der Waals surface area contributed by atoms with Gasteiger partial charge in [-0.1, -0.05) is 11.8 Å². The first kappa shape index (κ1) is 12.8. The van der Waals surface area contributed by atoms with Gasteiger partial charge in [-0.2, -0.15) is 8.78 Å². The lowest BCUT2D eigenvalue weighted by Gasteiger charge is -2.04. The van der Waals surface area contributed by atoms with E-state index in [9.17, 15) is 8.78 Å². The average Bonchev–Trinajstić information content (AvgIpc) is 2.27. The standard InChI is InChI=1S/C10H12F2N2OS/c1-13-10(16-2)14-7-3-5-8(6-4-7)15-9(11)12/h3-6,9H,1-2H3,(H,13,14). The molecule has 6 heteroatoms. The van der Waals surface area contributed by atoms with Gasteiger partial charge in [0.2, 0.25) is 0 Å². The molecule has 0 aromatic heterocycles. The summed E-state index contributed by atoms with van der Waals surface area (Å²) in [4.78, 5) is 4.24. The third kappa shape index (κ3) is 4.06. The van der Waals surface area contributed by atoms with Crippen molar-refractivity contribution in [3.63, 3.8) is 0 Å². The summed E-state index contributed by atoms with van der Waals surface area (Å²) in [6, 6.07) is 6.15. The van der Waals surface area contributed by atoms with Crippen molar-refractivity contribution in [3.8, 4) is 5.75 Å². The van der Waals surface area contributed by atoms with Gasteiger partial charge in [-0.25, -0.2) is 4.99 Å². The van der Waals surface area contributed by atoms with E-state index in [1.54, 1.807) is 19.2 Å². The minimum absolute atomic E-state index is 0.129. The fraction of sp³-hybridized carbons (Fsp3) is 0.300. The van der Waals surface area contributed by atoms with E-state index in [1.165, 1.54) is 23.9 Å². The number of alkyl halides is 2. The van der Waals surface area contributed by atoms with Crippen LogP contribution in [0.1, 0.15) is 0 Å². The Labute approximate surface area is 96.9 Å². The van der Waals surface area contributed by atoms with E-state index in [2.05, 4.69) is 15.0 Å². The predicted molar refractivity (Wildman–Crippen MR) is 62.7 cm³/mol. The largest absolute Gasteiger partial charge is 0.435 e. The summed E-state index contributed by atoms with van der Waals surface area (Å²) in [5.41, 5.74) is 0.681. The number of nitrogens with one attached hydrogen (secondary N) is 1. The highest BCUT2D eigenvalue weighted by Crippen LogP contribution is 2.20. The second-order valence-corrected chi connectivity index (χ2v) is 3.54. The van der Waals surface area contributed by atoms with Crippen LogP contribution in [0.3, 0.4) is 0 Å². The summed E-state index contributed by atoms with van der Waals surface area (Å²) in [5, 5.41) is 3.66. The van der Waals surface area contributed by atoms with Crippen molar-refractivity contribution in [2.75, 3.05) is 13.3 Å². The maximum Gasteiger partial charge on any atom is 0.387 e. The third-order valence-corrected chi connectivity index (χ3v) is 2.38. The zero-order valence-electron chi connectivity index (χ0n) is 8.91. The monoisotopic (exact) mass is 246 g/mol. The van der Waals surface area contributed by atoms with E-state index in [0.717, 1.165) is 5.17 Å². The highest BCUT2D eigenvalue weighted by molar-refractivity contribution is 8.13. The SMILES string of the molecule is CN/C(=N/c1ccc(OC(F)F)cc1)SC. The van der Waals surface area contributed by atoms with Crippen LogP contribution in [0, 0.1) is 0 Å². The molecule has 0 fully saturated rings. The Hall–Kier alpha value is -1.30. The second-order valence-electron chi connectivity index (χ2n) is 2.74. The van der Waals surface area contributed by atoms with E-state index in [-0.39, 0.29) is 5.75 Å². The molecule has 0 spiro atoms. The third-order valence-electron chi connectivity index (χ3n) is 1.70. The lowest BCUT2D eigenvalue weighted by molar-refractivity contribution is -0.0498. The van der Waals surface area contributed by atoms with E-state index in [4.69, 9.17) is 0 Å². The van der Waals surface area contributed by atoms with Gasteiger partial charge in [0.05, 0.1) is 5.69 Å². The molecule has 3 nitrogen and oxygen atoms in total. The van der Waals surface area contributed by atoms with Crippen molar-refractivity contribution in [1.29, 1.82) is 0 Å². The van der Waals surface area contributed by atoms with Crippen LogP contribution in [0.2, 0.25) is 0 Å². The Balaban J connectivity index is 2.74. The molecule has 1 aromatic carbocycles. The Kier molecular flexibility index (Phi) is 5.04. The number of nitrogens with zero attached hydrogens (tertiary/aromatic N) is 1. The number of hydrogen-bond acceptors (Lipinski definition) is 3. The molecule has 1 rings (SSSR count). The van der Waals surface area contributed by atoms with Crippen LogP contribution in [-0.2, 0) is 0 Å². The summed E-state index contributed by atoms with van der Waals surface area (Å²) in [5.74, 6) is 0.129. The first-order valence-corrected chi connectivity index (χ1v) is 5.73. The smallest absolute Gasteiger partial charge is 0.387 e. The number of hydrogen-bond donors (Lipinski definition) is 1. The minimum atomic E-state index is -2.80. The Morgan fingerprint density at radius 1 is 1.38 bits per heavy atom. The van der Waals surface area contributed by atoms with Gasteiger partial charge >= 0.3 is 6.61 Å². The van der Waals surface area contributed by atoms with Crippen molar-refractivity contribution >= 4 is 22.6 Å². The minimum Gasteiger partial charge on any atom is -0.435 e.